The quantitative estimate of drug-likeness (QED) is 0.800. The Morgan fingerprint density at radius 1 is 1.35 bits per heavy atom. The van der Waals surface area contributed by atoms with Crippen molar-refractivity contribution in [2.75, 3.05) is 6.61 Å². The molecule has 0 atom stereocenters. The molecule has 1 aromatic rings. The normalized spacial score (nSPS) is 10.1. The third kappa shape index (κ3) is 3.54. The van der Waals surface area contributed by atoms with E-state index < -0.39 is 5.97 Å². The Hall–Kier alpha value is -0.880. The molecule has 0 aliphatic heterocycles. The van der Waals surface area contributed by atoms with Crippen LogP contribution in [0.1, 0.15) is 23.7 Å². The number of ether oxygens (including phenoxy) is 1. The molecule has 17 heavy (non-hydrogen) atoms. The Morgan fingerprint density at radius 2 is 2.00 bits per heavy atom. The lowest BCUT2D eigenvalue weighted by molar-refractivity contribution is -0.255. The summed E-state index contributed by atoms with van der Waals surface area (Å²) in [6.45, 7) is 1.64. The minimum atomic E-state index is -1.31. The first-order valence-electron chi connectivity index (χ1n) is 4.81. The summed E-state index contributed by atoms with van der Waals surface area (Å²) >= 11 is 6.34. The van der Waals surface area contributed by atoms with Crippen LogP contribution in [0.5, 0.6) is 5.75 Å². The fourth-order valence-corrected chi connectivity index (χ4v) is 2.41. The molecule has 0 fully saturated rings. The van der Waals surface area contributed by atoms with E-state index in [1.165, 1.54) is 12.1 Å². The molecule has 0 saturated carbocycles. The van der Waals surface area contributed by atoms with Gasteiger partial charge in [-0.3, -0.25) is 4.79 Å². The van der Waals surface area contributed by atoms with Gasteiger partial charge in [0.15, 0.2) is 5.78 Å². The van der Waals surface area contributed by atoms with Crippen molar-refractivity contribution in [2.45, 2.75) is 13.3 Å². The van der Waals surface area contributed by atoms with Gasteiger partial charge in [0.1, 0.15) is 12.4 Å². The number of carbonyl (C=O) groups excluding carboxylic acids is 2. The Labute approximate surface area is 115 Å². The number of Topliss-reactive ketones (excluding diaryl/α,β-unsaturated/α-hetero) is 1. The summed E-state index contributed by atoms with van der Waals surface area (Å²) in [4.78, 5) is 21.9. The number of halogens is 2. The average Bonchev–Trinajstić information content (AvgIpc) is 2.27. The molecule has 0 aliphatic rings. The highest BCUT2D eigenvalue weighted by atomic mass is 79.9. The molecule has 0 heterocycles. The highest BCUT2D eigenvalue weighted by Gasteiger charge is 2.13. The maximum atomic E-state index is 11.1. The molecule has 0 N–H and O–H groups in total. The smallest absolute Gasteiger partial charge is 0.169 e. The minimum absolute atomic E-state index is 0.0212. The van der Waals surface area contributed by atoms with E-state index in [1.807, 2.05) is 0 Å². The monoisotopic (exact) mass is 363 g/mol. The minimum Gasteiger partial charge on any atom is -0.545 e. The lowest BCUT2D eigenvalue weighted by Crippen LogP contribution is -2.23. The summed E-state index contributed by atoms with van der Waals surface area (Å²) in [5.41, 5.74) is -0.0212. The zero-order valence-corrected chi connectivity index (χ0v) is 12.1. The molecule has 0 radical (unpaired) electrons. The molecule has 0 aliphatic carbocycles. The highest BCUT2D eigenvalue weighted by molar-refractivity contribution is 9.11. The summed E-state index contributed by atoms with van der Waals surface area (Å²) in [5.74, 6) is -1.09. The molecular weight excluding hydrogens is 356 g/mol. The number of rotatable bonds is 5. The highest BCUT2D eigenvalue weighted by Crippen LogP contribution is 2.35. The first kappa shape index (κ1) is 14.2. The van der Waals surface area contributed by atoms with E-state index in [1.54, 1.807) is 6.92 Å². The zero-order valence-electron chi connectivity index (χ0n) is 8.96. The van der Waals surface area contributed by atoms with Crippen molar-refractivity contribution >= 4 is 43.6 Å². The molecule has 0 amide bonds. The number of aromatic carboxylic acids is 1. The third-order valence-corrected chi connectivity index (χ3v) is 3.45. The van der Waals surface area contributed by atoms with Crippen molar-refractivity contribution in [2.24, 2.45) is 0 Å². The first-order chi connectivity index (χ1) is 7.97. The summed E-state index contributed by atoms with van der Waals surface area (Å²) in [6, 6.07) is 2.92. The molecule has 0 unspecified atom stereocenters. The predicted molar refractivity (Wildman–Crippen MR) is 67.0 cm³/mol. The number of hydrogen-bond donors (Lipinski definition) is 0. The Bertz CT molecular complexity index is 457. The van der Waals surface area contributed by atoms with E-state index in [0.717, 1.165) is 0 Å². The third-order valence-electron chi connectivity index (χ3n) is 2.04. The van der Waals surface area contributed by atoms with Gasteiger partial charge in [0.25, 0.3) is 0 Å². The van der Waals surface area contributed by atoms with Crippen LogP contribution in [-0.2, 0) is 4.79 Å². The SMILES string of the molecule is CCC(=O)COc1c(Br)ccc(C(=O)[O-])c1Br. The Kier molecular flexibility index (Phi) is 5.14. The van der Waals surface area contributed by atoms with Gasteiger partial charge < -0.3 is 14.6 Å². The van der Waals surface area contributed by atoms with Crippen LogP contribution >= 0.6 is 31.9 Å². The van der Waals surface area contributed by atoms with Gasteiger partial charge in [0, 0.05) is 12.0 Å². The van der Waals surface area contributed by atoms with Crippen molar-refractivity contribution in [3.8, 4) is 5.75 Å². The maximum Gasteiger partial charge on any atom is 0.169 e. The molecule has 0 saturated heterocycles. The summed E-state index contributed by atoms with van der Waals surface area (Å²) in [5, 5.41) is 10.8. The number of carboxylic acid groups (broad SMARTS) is 1. The van der Waals surface area contributed by atoms with Crippen LogP contribution in [0.2, 0.25) is 0 Å². The molecule has 0 bridgehead atoms. The van der Waals surface area contributed by atoms with Crippen LogP contribution in [0.15, 0.2) is 21.1 Å². The molecule has 0 spiro atoms. The molecular formula is C11H9Br2O4-. The fraction of sp³-hybridized carbons (Fsp3) is 0.273. The first-order valence-corrected chi connectivity index (χ1v) is 6.39. The molecule has 4 nitrogen and oxygen atoms in total. The van der Waals surface area contributed by atoms with E-state index in [4.69, 9.17) is 4.74 Å². The topological polar surface area (TPSA) is 66.4 Å². The van der Waals surface area contributed by atoms with Gasteiger partial charge >= 0.3 is 0 Å². The molecule has 0 aromatic heterocycles. The van der Waals surface area contributed by atoms with Crippen molar-refractivity contribution in [1.82, 2.24) is 0 Å². The largest absolute Gasteiger partial charge is 0.545 e. The van der Waals surface area contributed by atoms with Crippen LogP contribution in [-0.4, -0.2) is 18.4 Å². The van der Waals surface area contributed by atoms with Gasteiger partial charge in [0.2, 0.25) is 0 Å². The van der Waals surface area contributed by atoms with Gasteiger partial charge in [-0.1, -0.05) is 13.0 Å². The predicted octanol–water partition coefficient (Wildman–Crippen LogP) is 1.93. The van der Waals surface area contributed by atoms with Gasteiger partial charge in [-0.15, -0.1) is 0 Å². The second kappa shape index (κ2) is 6.16. The fourth-order valence-electron chi connectivity index (χ4n) is 1.08. The summed E-state index contributed by atoms with van der Waals surface area (Å²) < 4.78 is 6.10. The molecule has 1 rings (SSSR count). The van der Waals surface area contributed by atoms with Crippen LogP contribution < -0.4 is 9.84 Å². The lowest BCUT2D eigenvalue weighted by atomic mass is 10.2. The number of carboxylic acids is 1. The van der Waals surface area contributed by atoms with Gasteiger partial charge in [-0.05, 0) is 37.9 Å². The number of carbonyl (C=O) groups is 2. The number of hydrogen-bond acceptors (Lipinski definition) is 4. The second-order valence-corrected chi connectivity index (χ2v) is 4.85. The van der Waals surface area contributed by atoms with Crippen LogP contribution in [0, 0.1) is 0 Å². The Morgan fingerprint density at radius 3 is 2.53 bits per heavy atom. The lowest BCUT2D eigenvalue weighted by Gasteiger charge is -2.13. The van der Waals surface area contributed by atoms with E-state index in [-0.39, 0.29) is 28.2 Å². The Balaban J connectivity index is 3.01. The van der Waals surface area contributed by atoms with Crippen molar-refractivity contribution in [3.63, 3.8) is 0 Å². The average molecular weight is 365 g/mol. The van der Waals surface area contributed by atoms with E-state index in [9.17, 15) is 14.7 Å². The van der Waals surface area contributed by atoms with Gasteiger partial charge in [-0.25, -0.2) is 0 Å². The summed E-state index contributed by atoms with van der Waals surface area (Å²) in [7, 11) is 0. The zero-order chi connectivity index (χ0) is 13.0. The number of ketones is 1. The second-order valence-electron chi connectivity index (χ2n) is 3.21. The number of benzene rings is 1. The standard InChI is InChI=1S/C11H10Br2O4/c1-2-6(14)5-17-10-8(12)4-3-7(9(10)13)11(15)16/h3-4H,2,5H2,1H3,(H,15,16)/p-1. The van der Waals surface area contributed by atoms with Crippen LogP contribution in [0.4, 0.5) is 0 Å². The van der Waals surface area contributed by atoms with Crippen molar-refractivity contribution in [3.05, 3.63) is 26.6 Å². The van der Waals surface area contributed by atoms with Crippen LogP contribution in [0.3, 0.4) is 0 Å². The van der Waals surface area contributed by atoms with Crippen LogP contribution in [0.25, 0.3) is 0 Å². The van der Waals surface area contributed by atoms with Gasteiger partial charge in [0.05, 0.1) is 14.9 Å². The van der Waals surface area contributed by atoms with E-state index in [0.29, 0.717) is 10.9 Å². The maximum absolute atomic E-state index is 11.1. The van der Waals surface area contributed by atoms with Crippen molar-refractivity contribution in [1.29, 1.82) is 0 Å². The van der Waals surface area contributed by atoms with E-state index in [2.05, 4.69) is 31.9 Å². The van der Waals surface area contributed by atoms with E-state index >= 15 is 0 Å². The van der Waals surface area contributed by atoms with Crippen molar-refractivity contribution < 1.29 is 19.4 Å². The molecule has 6 heteroatoms. The summed E-state index contributed by atoms with van der Waals surface area (Å²) in [6.07, 6.45) is 0.370. The molecule has 1 aromatic carbocycles. The van der Waals surface area contributed by atoms with Gasteiger partial charge in [-0.2, -0.15) is 0 Å². The molecule has 92 valence electrons.